The van der Waals surface area contributed by atoms with E-state index in [0.717, 1.165) is 48.1 Å². The van der Waals surface area contributed by atoms with Crippen molar-refractivity contribution in [1.82, 2.24) is 0 Å². The van der Waals surface area contributed by atoms with Crippen molar-refractivity contribution in [1.29, 1.82) is 0 Å². The molecule has 0 aromatic heterocycles. The van der Waals surface area contributed by atoms with Crippen molar-refractivity contribution >= 4 is 23.9 Å². The molecule has 1 aromatic carbocycles. The van der Waals surface area contributed by atoms with Crippen LogP contribution in [0.25, 0.3) is 0 Å². The number of rotatable bonds is 6. The van der Waals surface area contributed by atoms with Crippen LogP contribution in [0.5, 0.6) is 0 Å². The van der Waals surface area contributed by atoms with Gasteiger partial charge in [0.25, 0.3) is 0 Å². The second-order valence-corrected chi connectivity index (χ2v) is 5.77. The molecule has 0 saturated heterocycles. The summed E-state index contributed by atoms with van der Waals surface area (Å²) in [6.07, 6.45) is 5.18. The van der Waals surface area contributed by atoms with Gasteiger partial charge in [-0.25, -0.2) is 0 Å². The highest BCUT2D eigenvalue weighted by Gasteiger charge is 2.40. The standard InChI is InChI=1S/C16H19ClO3/c1-20-15(19)11-16(8-2-3-10-18)9-7-12-13(16)5-4-6-14(12)17/h4-6,10H,2-3,7-9,11H2,1H3. The molecular formula is C16H19ClO3. The number of ether oxygens (including phenoxy) is 1. The van der Waals surface area contributed by atoms with E-state index in [1.807, 2.05) is 12.1 Å². The third-order valence-electron chi connectivity index (χ3n) is 4.23. The number of carbonyl (C=O) groups excluding carboxylic acids is 2. The number of carbonyl (C=O) groups is 2. The molecule has 0 saturated carbocycles. The smallest absolute Gasteiger partial charge is 0.306 e. The molecule has 0 fully saturated rings. The minimum atomic E-state index is -0.226. The van der Waals surface area contributed by atoms with Gasteiger partial charge in [-0.15, -0.1) is 0 Å². The Labute approximate surface area is 124 Å². The van der Waals surface area contributed by atoms with Gasteiger partial charge in [-0.1, -0.05) is 23.7 Å². The first-order chi connectivity index (χ1) is 9.63. The predicted molar refractivity (Wildman–Crippen MR) is 78.0 cm³/mol. The first-order valence-electron chi connectivity index (χ1n) is 6.91. The van der Waals surface area contributed by atoms with Crippen LogP contribution < -0.4 is 0 Å². The van der Waals surface area contributed by atoms with E-state index in [2.05, 4.69) is 6.07 Å². The molecule has 0 bridgehead atoms. The Hall–Kier alpha value is -1.35. The van der Waals surface area contributed by atoms with Gasteiger partial charge in [0, 0.05) is 16.9 Å². The van der Waals surface area contributed by atoms with Gasteiger partial charge in [-0.2, -0.15) is 0 Å². The molecule has 0 heterocycles. The first kappa shape index (κ1) is 15.0. The normalized spacial score (nSPS) is 20.5. The quantitative estimate of drug-likeness (QED) is 0.458. The van der Waals surface area contributed by atoms with Crippen LogP contribution in [0.3, 0.4) is 0 Å². The lowest BCUT2D eigenvalue weighted by Crippen LogP contribution is -2.27. The van der Waals surface area contributed by atoms with Crippen molar-refractivity contribution in [2.24, 2.45) is 0 Å². The van der Waals surface area contributed by atoms with E-state index in [0.29, 0.717) is 12.8 Å². The fourth-order valence-corrected chi connectivity index (χ4v) is 3.48. The highest BCUT2D eigenvalue weighted by molar-refractivity contribution is 6.31. The zero-order chi connectivity index (χ0) is 14.6. The minimum absolute atomic E-state index is 0.205. The fourth-order valence-electron chi connectivity index (χ4n) is 3.21. The fraction of sp³-hybridized carbons (Fsp3) is 0.500. The molecule has 1 aliphatic carbocycles. The number of unbranched alkanes of at least 4 members (excludes halogenated alkanes) is 1. The molecule has 1 aromatic rings. The van der Waals surface area contributed by atoms with E-state index in [1.54, 1.807) is 0 Å². The highest BCUT2D eigenvalue weighted by Crippen LogP contribution is 2.47. The van der Waals surface area contributed by atoms with E-state index in [1.165, 1.54) is 7.11 Å². The number of hydrogen-bond acceptors (Lipinski definition) is 3. The van der Waals surface area contributed by atoms with Gasteiger partial charge >= 0.3 is 5.97 Å². The van der Waals surface area contributed by atoms with Gasteiger partial charge < -0.3 is 9.53 Å². The van der Waals surface area contributed by atoms with Crippen LogP contribution in [0, 0.1) is 0 Å². The Morgan fingerprint density at radius 1 is 1.50 bits per heavy atom. The van der Waals surface area contributed by atoms with Crippen molar-refractivity contribution in [2.75, 3.05) is 7.11 Å². The van der Waals surface area contributed by atoms with E-state index in [9.17, 15) is 9.59 Å². The molecule has 1 aliphatic rings. The Kier molecular flexibility index (Phi) is 4.81. The molecule has 108 valence electrons. The van der Waals surface area contributed by atoms with Crippen molar-refractivity contribution in [3.8, 4) is 0 Å². The lowest BCUT2D eigenvalue weighted by molar-refractivity contribution is -0.142. The molecule has 0 radical (unpaired) electrons. The summed E-state index contributed by atoms with van der Waals surface area (Å²) >= 11 is 6.26. The number of fused-ring (bicyclic) bond motifs is 1. The molecule has 0 aliphatic heterocycles. The molecule has 1 unspecified atom stereocenters. The maximum atomic E-state index is 11.8. The van der Waals surface area contributed by atoms with E-state index >= 15 is 0 Å². The highest BCUT2D eigenvalue weighted by atomic mass is 35.5. The van der Waals surface area contributed by atoms with Crippen LogP contribution in [-0.4, -0.2) is 19.4 Å². The molecule has 0 N–H and O–H groups in total. The number of halogens is 1. The van der Waals surface area contributed by atoms with Gasteiger partial charge in [0.15, 0.2) is 0 Å². The van der Waals surface area contributed by atoms with Crippen molar-refractivity contribution in [3.63, 3.8) is 0 Å². The molecular weight excluding hydrogens is 276 g/mol. The van der Waals surface area contributed by atoms with Gasteiger partial charge in [0.05, 0.1) is 13.5 Å². The largest absolute Gasteiger partial charge is 0.469 e. The molecule has 3 nitrogen and oxygen atoms in total. The lowest BCUT2D eigenvalue weighted by Gasteiger charge is -2.29. The van der Waals surface area contributed by atoms with E-state index in [4.69, 9.17) is 16.3 Å². The number of methoxy groups -OCH3 is 1. The van der Waals surface area contributed by atoms with Crippen molar-refractivity contribution in [2.45, 2.75) is 43.9 Å². The summed E-state index contributed by atoms with van der Waals surface area (Å²) in [4.78, 5) is 22.3. The third kappa shape index (κ3) is 2.88. The second kappa shape index (κ2) is 6.40. The van der Waals surface area contributed by atoms with Gasteiger partial charge in [-0.05, 0) is 42.9 Å². The molecule has 2 rings (SSSR count). The maximum absolute atomic E-state index is 11.8. The average molecular weight is 295 g/mol. The Bertz CT molecular complexity index is 512. The maximum Gasteiger partial charge on any atom is 0.306 e. The second-order valence-electron chi connectivity index (χ2n) is 5.36. The third-order valence-corrected chi connectivity index (χ3v) is 4.59. The number of esters is 1. The van der Waals surface area contributed by atoms with Gasteiger partial charge in [0.1, 0.15) is 6.29 Å². The van der Waals surface area contributed by atoms with Crippen molar-refractivity contribution < 1.29 is 14.3 Å². The summed E-state index contributed by atoms with van der Waals surface area (Å²) in [6, 6.07) is 5.87. The summed E-state index contributed by atoms with van der Waals surface area (Å²) in [7, 11) is 1.41. The Morgan fingerprint density at radius 3 is 3.00 bits per heavy atom. The zero-order valence-electron chi connectivity index (χ0n) is 11.7. The molecule has 4 heteroatoms. The Morgan fingerprint density at radius 2 is 2.30 bits per heavy atom. The lowest BCUT2D eigenvalue weighted by atomic mass is 9.75. The summed E-state index contributed by atoms with van der Waals surface area (Å²) in [5.74, 6) is -0.205. The SMILES string of the molecule is COC(=O)CC1(CCCC=O)CCc2c(Cl)cccc21. The number of hydrogen-bond donors (Lipinski definition) is 0. The summed E-state index contributed by atoms with van der Waals surface area (Å²) < 4.78 is 4.85. The molecule has 0 amide bonds. The number of aldehydes is 1. The van der Waals surface area contributed by atoms with E-state index < -0.39 is 0 Å². The minimum Gasteiger partial charge on any atom is -0.469 e. The summed E-state index contributed by atoms with van der Waals surface area (Å²) in [5.41, 5.74) is 2.07. The first-order valence-corrected chi connectivity index (χ1v) is 7.29. The summed E-state index contributed by atoms with van der Waals surface area (Å²) in [5, 5.41) is 0.768. The zero-order valence-corrected chi connectivity index (χ0v) is 12.4. The number of benzene rings is 1. The van der Waals surface area contributed by atoms with Crippen LogP contribution in [0.15, 0.2) is 18.2 Å². The topological polar surface area (TPSA) is 43.4 Å². The van der Waals surface area contributed by atoms with Crippen LogP contribution in [0.1, 0.15) is 43.2 Å². The van der Waals surface area contributed by atoms with E-state index in [-0.39, 0.29) is 11.4 Å². The molecule has 0 spiro atoms. The monoisotopic (exact) mass is 294 g/mol. The average Bonchev–Trinajstić information content (AvgIpc) is 2.80. The van der Waals surface area contributed by atoms with Crippen molar-refractivity contribution in [3.05, 3.63) is 34.3 Å². The molecule has 1 atom stereocenters. The van der Waals surface area contributed by atoms with Crippen LogP contribution in [-0.2, 0) is 26.2 Å². The van der Waals surface area contributed by atoms with Gasteiger partial charge in [0.2, 0.25) is 0 Å². The predicted octanol–water partition coefficient (Wildman–Crippen LogP) is 3.46. The van der Waals surface area contributed by atoms with Crippen LogP contribution >= 0.6 is 11.6 Å². The molecule has 20 heavy (non-hydrogen) atoms. The van der Waals surface area contributed by atoms with Crippen LogP contribution in [0.4, 0.5) is 0 Å². The Balaban J connectivity index is 2.32. The van der Waals surface area contributed by atoms with Gasteiger partial charge in [-0.3, -0.25) is 4.79 Å². The summed E-state index contributed by atoms with van der Waals surface area (Å²) in [6.45, 7) is 0. The van der Waals surface area contributed by atoms with Crippen LogP contribution in [0.2, 0.25) is 5.02 Å².